The lowest BCUT2D eigenvalue weighted by atomic mass is 10.2. The van der Waals surface area contributed by atoms with E-state index in [0.717, 1.165) is 27.2 Å². The lowest BCUT2D eigenvalue weighted by Crippen LogP contribution is -2.05. The number of nitrogens with one attached hydrogen (secondary N) is 1. The second kappa shape index (κ2) is 4.02. The summed E-state index contributed by atoms with van der Waals surface area (Å²) in [5, 5.41) is 1.78. The van der Waals surface area contributed by atoms with Crippen LogP contribution in [0.4, 0.5) is 0 Å². The SMILES string of the molecule is Cc1c(Cl)ccc2cc(/C=C/C(N)=O)[nH]c12. The number of nitrogens with two attached hydrogens (primary N) is 1. The molecule has 1 aromatic carbocycles. The molecule has 4 heteroatoms. The minimum absolute atomic E-state index is 0.464. The van der Waals surface area contributed by atoms with E-state index in [1.54, 1.807) is 6.08 Å². The van der Waals surface area contributed by atoms with Crippen LogP contribution in [0, 0.1) is 6.92 Å². The van der Waals surface area contributed by atoms with Crippen LogP contribution in [0.15, 0.2) is 24.3 Å². The zero-order valence-electron chi connectivity index (χ0n) is 8.75. The van der Waals surface area contributed by atoms with Gasteiger partial charge in [-0.25, -0.2) is 0 Å². The van der Waals surface area contributed by atoms with E-state index in [2.05, 4.69) is 4.98 Å². The first-order valence-corrected chi connectivity index (χ1v) is 5.21. The summed E-state index contributed by atoms with van der Waals surface area (Å²) in [6.45, 7) is 1.95. The Hall–Kier alpha value is -1.74. The van der Waals surface area contributed by atoms with Crippen molar-refractivity contribution in [2.24, 2.45) is 5.73 Å². The number of rotatable bonds is 2. The van der Waals surface area contributed by atoms with Crippen LogP contribution in [-0.4, -0.2) is 10.9 Å². The molecule has 1 aromatic heterocycles. The average Bonchev–Trinajstić information content (AvgIpc) is 2.64. The summed E-state index contributed by atoms with van der Waals surface area (Å²) in [5.74, 6) is -0.464. The van der Waals surface area contributed by atoms with Crippen LogP contribution >= 0.6 is 11.6 Å². The topological polar surface area (TPSA) is 58.9 Å². The van der Waals surface area contributed by atoms with Gasteiger partial charge in [0.05, 0.1) is 5.52 Å². The molecular weight excluding hydrogens is 224 g/mol. The molecule has 0 aliphatic heterocycles. The van der Waals surface area contributed by atoms with Gasteiger partial charge in [0.25, 0.3) is 0 Å². The number of benzene rings is 1. The van der Waals surface area contributed by atoms with Crippen LogP contribution in [0.1, 0.15) is 11.3 Å². The molecule has 2 aromatic rings. The standard InChI is InChI=1S/C12H11ClN2O/c1-7-10(13)4-2-8-6-9(15-12(7)8)3-5-11(14)16/h2-6,15H,1H3,(H2,14,16)/b5-3+. The number of halogens is 1. The van der Waals surface area contributed by atoms with E-state index in [4.69, 9.17) is 17.3 Å². The lowest BCUT2D eigenvalue weighted by molar-refractivity contribution is -0.113. The summed E-state index contributed by atoms with van der Waals surface area (Å²) < 4.78 is 0. The molecule has 1 heterocycles. The van der Waals surface area contributed by atoms with Gasteiger partial charge < -0.3 is 10.7 Å². The highest BCUT2D eigenvalue weighted by Gasteiger charge is 2.04. The zero-order valence-corrected chi connectivity index (χ0v) is 9.51. The first-order chi connectivity index (χ1) is 7.58. The van der Waals surface area contributed by atoms with Gasteiger partial charge in [-0.2, -0.15) is 0 Å². The molecule has 0 fully saturated rings. The zero-order chi connectivity index (χ0) is 11.7. The number of carbonyl (C=O) groups is 1. The van der Waals surface area contributed by atoms with Crippen molar-refractivity contribution in [2.45, 2.75) is 6.92 Å². The number of carbonyl (C=O) groups excluding carboxylic acids is 1. The number of hydrogen-bond donors (Lipinski definition) is 2. The van der Waals surface area contributed by atoms with Crippen molar-refractivity contribution in [3.8, 4) is 0 Å². The van der Waals surface area contributed by atoms with E-state index in [0.29, 0.717) is 0 Å². The van der Waals surface area contributed by atoms with E-state index in [9.17, 15) is 4.79 Å². The van der Waals surface area contributed by atoms with Crippen LogP contribution in [-0.2, 0) is 4.79 Å². The van der Waals surface area contributed by atoms with Gasteiger partial charge in [-0.15, -0.1) is 0 Å². The number of amides is 1. The Balaban J connectivity index is 2.52. The molecule has 1 amide bonds. The van der Waals surface area contributed by atoms with Crippen molar-refractivity contribution < 1.29 is 4.79 Å². The van der Waals surface area contributed by atoms with E-state index >= 15 is 0 Å². The molecule has 0 radical (unpaired) electrons. The first-order valence-electron chi connectivity index (χ1n) is 4.83. The molecule has 0 bridgehead atoms. The van der Waals surface area contributed by atoms with Crippen LogP contribution in [0.5, 0.6) is 0 Å². The van der Waals surface area contributed by atoms with Crippen molar-refractivity contribution in [3.63, 3.8) is 0 Å². The van der Waals surface area contributed by atoms with Crippen LogP contribution in [0.3, 0.4) is 0 Å². The monoisotopic (exact) mass is 234 g/mol. The molecular formula is C12H11ClN2O. The fraction of sp³-hybridized carbons (Fsp3) is 0.0833. The third-order valence-corrected chi connectivity index (χ3v) is 2.85. The maximum atomic E-state index is 10.6. The summed E-state index contributed by atoms with van der Waals surface area (Å²) in [5.41, 5.74) is 7.84. The summed E-state index contributed by atoms with van der Waals surface area (Å²) in [6, 6.07) is 5.73. The average molecular weight is 235 g/mol. The summed E-state index contributed by atoms with van der Waals surface area (Å²) in [7, 11) is 0. The number of hydrogen-bond acceptors (Lipinski definition) is 1. The van der Waals surface area contributed by atoms with E-state index in [-0.39, 0.29) is 0 Å². The number of H-pyrrole nitrogens is 1. The van der Waals surface area contributed by atoms with E-state index in [1.807, 2.05) is 25.1 Å². The normalized spacial score (nSPS) is 11.4. The fourth-order valence-corrected chi connectivity index (χ4v) is 1.76. The molecule has 3 N–H and O–H groups in total. The van der Waals surface area contributed by atoms with Gasteiger partial charge >= 0.3 is 0 Å². The molecule has 2 rings (SSSR count). The van der Waals surface area contributed by atoms with Crippen LogP contribution < -0.4 is 5.73 Å². The number of primary amides is 1. The number of aromatic amines is 1. The van der Waals surface area contributed by atoms with Gasteiger partial charge in [0.2, 0.25) is 5.91 Å². The van der Waals surface area contributed by atoms with Crippen molar-refractivity contribution >= 4 is 34.5 Å². The van der Waals surface area contributed by atoms with Crippen molar-refractivity contribution in [3.05, 3.63) is 40.6 Å². The summed E-state index contributed by atoms with van der Waals surface area (Å²) in [6.07, 6.45) is 2.97. The highest BCUT2D eigenvalue weighted by Crippen LogP contribution is 2.25. The predicted octanol–water partition coefficient (Wildman–Crippen LogP) is 2.63. The molecule has 0 unspecified atom stereocenters. The van der Waals surface area contributed by atoms with Crippen molar-refractivity contribution in [1.82, 2.24) is 4.98 Å². The fourth-order valence-electron chi connectivity index (χ4n) is 1.60. The Morgan fingerprint density at radius 1 is 1.50 bits per heavy atom. The van der Waals surface area contributed by atoms with Gasteiger partial charge in [-0.05, 0) is 30.7 Å². The summed E-state index contributed by atoms with van der Waals surface area (Å²) >= 11 is 6.01. The second-order valence-corrected chi connectivity index (χ2v) is 4.00. The first kappa shape index (κ1) is 10.8. The molecule has 0 saturated carbocycles. The largest absolute Gasteiger partial charge is 0.366 e. The molecule has 0 spiro atoms. The quantitative estimate of drug-likeness (QED) is 0.771. The molecule has 16 heavy (non-hydrogen) atoms. The van der Waals surface area contributed by atoms with Crippen LogP contribution in [0.2, 0.25) is 5.02 Å². The minimum atomic E-state index is -0.464. The maximum absolute atomic E-state index is 10.6. The predicted molar refractivity (Wildman–Crippen MR) is 66.3 cm³/mol. The van der Waals surface area contributed by atoms with Gasteiger partial charge in [0, 0.05) is 22.2 Å². The molecule has 82 valence electrons. The molecule has 0 aliphatic rings. The number of fused-ring (bicyclic) bond motifs is 1. The van der Waals surface area contributed by atoms with Crippen molar-refractivity contribution in [2.75, 3.05) is 0 Å². The third-order valence-electron chi connectivity index (χ3n) is 2.44. The van der Waals surface area contributed by atoms with Crippen LogP contribution in [0.25, 0.3) is 17.0 Å². The second-order valence-electron chi connectivity index (χ2n) is 3.60. The van der Waals surface area contributed by atoms with Gasteiger partial charge in [-0.3, -0.25) is 4.79 Å². The Morgan fingerprint density at radius 3 is 2.94 bits per heavy atom. The maximum Gasteiger partial charge on any atom is 0.241 e. The van der Waals surface area contributed by atoms with Gasteiger partial charge in [0.15, 0.2) is 0 Å². The molecule has 3 nitrogen and oxygen atoms in total. The Kier molecular flexibility index (Phi) is 2.71. The molecule has 0 saturated heterocycles. The highest BCUT2D eigenvalue weighted by molar-refractivity contribution is 6.32. The number of aryl methyl sites for hydroxylation is 1. The lowest BCUT2D eigenvalue weighted by Gasteiger charge is -1.97. The smallest absolute Gasteiger partial charge is 0.241 e. The van der Waals surface area contributed by atoms with Gasteiger partial charge in [-0.1, -0.05) is 17.7 Å². The van der Waals surface area contributed by atoms with E-state index in [1.165, 1.54) is 6.08 Å². The third kappa shape index (κ3) is 1.95. The minimum Gasteiger partial charge on any atom is -0.366 e. The highest BCUT2D eigenvalue weighted by atomic mass is 35.5. The Morgan fingerprint density at radius 2 is 2.25 bits per heavy atom. The van der Waals surface area contributed by atoms with E-state index < -0.39 is 5.91 Å². The number of aromatic nitrogens is 1. The molecule has 0 atom stereocenters. The summed E-state index contributed by atoms with van der Waals surface area (Å²) in [4.78, 5) is 13.8. The van der Waals surface area contributed by atoms with Gasteiger partial charge in [0.1, 0.15) is 0 Å². The molecule has 0 aliphatic carbocycles. The Labute approximate surface area is 97.9 Å². The van der Waals surface area contributed by atoms with Crippen molar-refractivity contribution in [1.29, 1.82) is 0 Å². The Bertz CT molecular complexity index is 584.